The Balaban J connectivity index is 0.000000213. The standard InChI is InChI=1S/C29H26N2.C16H20.2C2H6/c1-19-13-15-21(16-14-19)31-25-12-8-7-11-22(25)23-17-18-24-26(27(23)31)29(2,3)28(30-24)20-9-5-4-6-10-20;1-11-8-9-15(13(3)10-11)16-7-5-6-12(2)14(16)4;2*1-2/h4-18,28,30H,1-3H3;5,7-10,12H,6H2,1-4H3;2*1-2H3. The molecule has 2 aliphatic rings. The molecule has 51 heavy (non-hydrogen) atoms. The van der Waals surface area contributed by atoms with Crippen LogP contribution in [0.25, 0.3) is 33.1 Å². The third-order valence-corrected chi connectivity index (χ3v) is 10.5. The zero-order valence-electron chi connectivity index (χ0n) is 32.9. The van der Waals surface area contributed by atoms with Gasteiger partial charge in [0.15, 0.2) is 0 Å². The molecule has 1 aliphatic heterocycles. The van der Waals surface area contributed by atoms with Crippen LogP contribution in [0.4, 0.5) is 5.69 Å². The van der Waals surface area contributed by atoms with Gasteiger partial charge in [-0.1, -0.05) is 162 Å². The summed E-state index contributed by atoms with van der Waals surface area (Å²) >= 11 is 0. The molecule has 264 valence electrons. The molecule has 5 aromatic carbocycles. The van der Waals surface area contributed by atoms with Gasteiger partial charge in [-0.3, -0.25) is 0 Å². The monoisotopic (exact) mass is 674 g/mol. The van der Waals surface area contributed by atoms with E-state index in [2.05, 4.69) is 180 Å². The second kappa shape index (κ2) is 16.0. The minimum Gasteiger partial charge on any atom is -0.377 e. The second-order valence-electron chi connectivity index (χ2n) is 14.2. The number of benzene rings is 5. The number of hydrogen-bond acceptors (Lipinski definition) is 1. The summed E-state index contributed by atoms with van der Waals surface area (Å²) in [5.74, 6) is 0.681. The van der Waals surface area contributed by atoms with E-state index >= 15 is 0 Å². The van der Waals surface area contributed by atoms with Gasteiger partial charge in [0.25, 0.3) is 0 Å². The number of aromatic nitrogens is 1. The summed E-state index contributed by atoms with van der Waals surface area (Å²) < 4.78 is 2.46. The van der Waals surface area contributed by atoms with Crippen LogP contribution >= 0.6 is 0 Å². The van der Waals surface area contributed by atoms with Crippen molar-refractivity contribution in [2.24, 2.45) is 5.92 Å². The molecule has 2 unspecified atom stereocenters. The van der Waals surface area contributed by atoms with Crippen molar-refractivity contribution >= 4 is 33.1 Å². The Labute approximate surface area is 307 Å². The predicted molar refractivity (Wildman–Crippen MR) is 225 cm³/mol. The van der Waals surface area contributed by atoms with E-state index in [1.54, 1.807) is 0 Å². The molecule has 0 amide bonds. The SMILES string of the molecule is CC.CC.CC1=C(c2ccc(C)cc2C)C=CCC1C.Cc1ccc(-n2c3ccccc3c3ccc4c(c32)C(C)(C)C(c2ccccc2)N4)cc1. The quantitative estimate of drug-likeness (QED) is 0.198. The summed E-state index contributed by atoms with van der Waals surface area (Å²) in [5.41, 5.74) is 16.0. The topological polar surface area (TPSA) is 17.0 Å². The molecule has 1 N–H and O–H groups in total. The number of para-hydroxylation sites is 1. The lowest BCUT2D eigenvalue weighted by atomic mass is 9.77. The van der Waals surface area contributed by atoms with E-state index < -0.39 is 0 Å². The number of nitrogens with zero attached hydrogens (tertiary/aromatic N) is 1. The van der Waals surface area contributed by atoms with E-state index in [0.717, 1.165) is 0 Å². The Morgan fingerprint density at radius 1 is 0.686 bits per heavy atom. The van der Waals surface area contributed by atoms with Crippen LogP contribution < -0.4 is 5.32 Å². The molecule has 0 spiro atoms. The first kappa shape index (κ1) is 37.4. The van der Waals surface area contributed by atoms with E-state index in [1.165, 1.54) is 84.1 Å². The van der Waals surface area contributed by atoms with Crippen molar-refractivity contribution in [1.82, 2.24) is 4.57 Å². The summed E-state index contributed by atoms with van der Waals surface area (Å²) in [6.45, 7) is 23.8. The van der Waals surface area contributed by atoms with Crippen LogP contribution in [-0.4, -0.2) is 4.57 Å². The molecule has 8 rings (SSSR count). The summed E-state index contributed by atoms with van der Waals surface area (Å²) in [4.78, 5) is 0. The van der Waals surface area contributed by atoms with Gasteiger partial charge >= 0.3 is 0 Å². The molecule has 6 aromatic rings. The zero-order valence-corrected chi connectivity index (χ0v) is 32.9. The van der Waals surface area contributed by atoms with Gasteiger partial charge < -0.3 is 9.88 Å². The van der Waals surface area contributed by atoms with Gasteiger partial charge in [0.1, 0.15) is 0 Å². The lowest BCUT2D eigenvalue weighted by Crippen LogP contribution is -2.25. The molecule has 2 atom stereocenters. The van der Waals surface area contributed by atoms with Crippen LogP contribution in [0, 0.1) is 26.7 Å². The number of nitrogens with one attached hydrogen (secondary N) is 1. The van der Waals surface area contributed by atoms with Gasteiger partial charge in [-0.25, -0.2) is 0 Å². The highest BCUT2D eigenvalue weighted by Crippen LogP contribution is 2.52. The average molecular weight is 675 g/mol. The fourth-order valence-corrected chi connectivity index (χ4v) is 7.80. The zero-order chi connectivity index (χ0) is 36.9. The largest absolute Gasteiger partial charge is 0.377 e. The van der Waals surface area contributed by atoms with Crippen molar-refractivity contribution in [1.29, 1.82) is 0 Å². The van der Waals surface area contributed by atoms with Gasteiger partial charge in [0, 0.05) is 33.1 Å². The van der Waals surface area contributed by atoms with E-state index in [-0.39, 0.29) is 11.5 Å². The highest BCUT2D eigenvalue weighted by Gasteiger charge is 2.42. The lowest BCUT2D eigenvalue weighted by molar-refractivity contribution is 0.476. The molecular formula is C49H58N2. The number of hydrogen-bond donors (Lipinski definition) is 1. The van der Waals surface area contributed by atoms with Gasteiger partial charge in [0.2, 0.25) is 0 Å². The Bertz CT molecular complexity index is 2160. The molecule has 0 saturated carbocycles. The molecule has 2 heteroatoms. The van der Waals surface area contributed by atoms with Crippen LogP contribution in [0.5, 0.6) is 0 Å². The molecule has 1 aliphatic carbocycles. The predicted octanol–water partition coefficient (Wildman–Crippen LogP) is 14.3. The molecule has 0 saturated heterocycles. The number of anilines is 1. The van der Waals surface area contributed by atoms with Crippen molar-refractivity contribution in [2.75, 3.05) is 5.32 Å². The molecule has 2 nitrogen and oxygen atoms in total. The Hall–Kier alpha value is -4.82. The van der Waals surface area contributed by atoms with Crippen molar-refractivity contribution < 1.29 is 0 Å². The van der Waals surface area contributed by atoms with Crippen LogP contribution in [0.3, 0.4) is 0 Å². The molecule has 0 radical (unpaired) electrons. The molecular weight excluding hydrogens is 617 g/mol. The van der Waals surface area contributed by atoms with Crippen molar-refractivity contribution in [3.05, 3.63) is 160 Å². The smallest absolute Gasteiger partial charge is 0.0606 e. The third-order valence-electron chi connectivity index (χ3n) is 10.5. The minimum absolute atomic E-state index is 0.0625. The normalized spacial score (nSPS) is 17.0. The first-order valence-corrected chi connectivity index (χ1v) is 19.0. The van der Waals surface area contributed by atoms with Crippen LogP contribution in [0.2, 0.25) is 0 Å². The molecule has 2 heterocycles. The van der Waals surface area contributed by atoms with Gasteiger partial charge in [-0.15, -0.1) is 0 Å². The first-order chi connectivity index (χ1) is 24.6. The highest BCUT2D eigenvalue weighted by molar-refractivity contribution is 6.12. The maximum atomic E-state index is 3.85. The maximum absolute atomic E-state index is 3.85. The fourth-order valence-electron chi connectivity index (χ4n) is 7.80. The average Bonchev–Trinajstić information content (AvgIpc) is 3.63. The highest BCUT2D eigenvalue weighted by atomic mass is 15.0. The van der Waals surface area contributed by atoms with Crippen LogP contribution in [0.15, 0.2) is 127 Å². The van der Waals surface area contributed by atoms with E-state index in [9.17, 15) is 0 Å². The lowest BCUT2D eigenvalue weighted by Gasteiger charge is -2.29. The summed E-state index contributed by atoms with van der Waals surface area (Å²) in [6, 6.07) is 40.0. The Morgan fingerprint density at radius 2 is 1.33 bits per heavy atom. The van der Waals surface area contributed by atoms with Gasteiger partial charge in [0.05, 0.1) is 17.1 Å². The third kappa shape index (κ3) is 7.20. The minimum atomic E-state index is -0.0625. The van der Waals surface area contributed by atoms with Gasteiger partial charge in [-0.05, 0) is 86.6 Å². The van der Waals surface area contributed by atoms with E-state index in [0.29, 0.717) is 5.92 Å². The summed E-state index contributed by atoms with van der Waals surface area (Å²) in [7, 11) is 0. The Morgan fingerprint density at radius 3 is 2.02 bits per heavy atom. The van der Waals surface area contributed by atoms with Crippen molar-refractivity contribution in [3.63, 3.8) is 0 Å². The number of aryl methyl sites for hydroxylation is 3. The van der Waals surface area contributed by atoms with Crippen LogP contribution in [0.1, 0.15) is 101 Å². The van der Waals surface area contributed by atoms with E-state index in [1.807, 2.05) is 27.7 Å². The fraction of sp³-hybridized carbons (Fsp3) is 0.306. The van der Waals surface area contributed by atoms with Crippen molar-refractivity contribution in [3.8, 4) is 5.69 Å². The number of fused-ring (bicyclic) bond motifs is 5. The number of allylic oxidation sites excluding steroid dienone is 4. The maximum Gasteiger partial charge on any atom is 0.0606 e. The molecule has 0 fully saturated rings. The summed E-state index contributed by atoms with van der Waals surface area (Å²) in [6.07, 6.45) is 5.76. The van der Waals surface area contributed by atoms with Crippen LogP contribution in [-0.2, 0) is 5.41 Å². The first-order valence-electron chi connectivity index (χ1n) is 19.0. The van der Waals surface area contributed by atoms with Crippen molar-refractivity contribution in [2.45, 2.75) is 94.0 Å². The number of rotatable bonds is 3. The van der Waals surface area contributed by atoms with Gasteiger partial charge in [-0.2, -0.15) is 0 Å². The molecule has 1 aromatic heterocycles. The van der Waals surface area contributed by atoms with E-state index in [4.69, 9.17) is 0 Å². The molecule has 0 bridgehead atoms. The summed E-state index contributed by atoms with van der Waals surface area (Å²) in [5, 5.41) is 6.48. The Kier molecular flexibility index (Phi) is 11.8. The second-order valence-corrected chi connectivity index (χ2v) is 14.2.